The van der Waals surface area contributed by atoms with Gasteiger partial charge in [-0.15, -0.1) is 0 Å². The monoisotopic (exact) mass is 255 g/mol. The first-order valence-corrected chi connectivity index (χ1v) is 5.41. The van der Waals surface area contributed by atoms with E-state index in [9.17, 15) is 9.59 Å². The van der Waals surface area contributed by atoms with Crippen molar-refractivity contribution in [1.82, 2.24) is 10.6 Å². The van der Waals surface area contributed by atoms with Crippen LogP contribution in [-0.2, 0) is 4.79 Å². The van der Waals surface area contributed by atoms with Crippen LogP contribution in [-0.4, -0.2) is 24.9 Å². The zero-order valence-corrected chi connectivity index (χ0v) is 10.3. The van der Waals surface area contributed by atoms with E-state index >= 15 is 0 Å². The standard InChI is InChI=1S/C11H14ClN3O2/c1-6(10(16)14-2)15-11(17)7-3-4-9(13)8(12)5-7/h3-6H,13H2,1-2H3,(H,14,16)(H,15,17). The number of rotatable bonds is 3. The lowest BCUT2D eigenvalue weighted by Crippen LogP contribution is -2.43. The molecule has 1 atom stereocenters. The third-order valence-electron chi connectivity index (χ3n) is 2.25. The Labute approximate surface area is 104 Å². The first kappa shape index (κ1) is 13.3. The Morgan fingerprint density at radius 3 is 2.59 bits per heavy atom. The highest BCUT2D eigenvalue weighted by Crippen LogP contribution is 2.19. The van der Waals surface area contributed by atoms with E-state index in [-0.39, 0.29) is 11.8 Å². The van der Waals surface area contributed by atoms with Crippen LogP contribution >= 0.6 is 11.6 Å². The van der Waals surface area contributed by atoms with Gasteiger partial charge in [-0.25, -0.2) is 0 Å². The van der Waals surface area contributed by atoms with Crippen LogP contribution in [0.2, 0.25) is 5.02 Å². The number of hydrogen-bond donors (Lipinski definition) is 3. The summed E-state index contributed by atoms with van der Waals surface area (Å²) in [6.07, 6.45) is 0. The third kappa shape index (κ3) is 3.35. The predicted molar refractivity (Wildman–Crippen MR) is 66.9 cm³/mol. The number of carbonyl (C=O) groups is 2. The molecule has 0 aliphatic rings. The van der Waals surface area contributed by atoms with E-state index in [4.69, 9.17) is 17.3 Å². The van der Waals surface area contributed by atoms with Crippen LogP contribution in [0.3, 0.4) is 0 Å². The van der Waals surface area contributed by atoms with E-state index in [0.717, 1.165) is 0 Å². The molecule has 1 unspecified atom stereocenters. The van der Waals surface area contributed by atoms with Crippen LogP contribution < -0.4 is 16.4 Å². The molecule has 0 aromatic heterocycles. The van der Waals surface area contributed by atoms with Crippen molar-refractivity contribution < 1.29 is 9.59 Å². The summed E-state index contributed by atoms with van der Waals surface area (Å²) in [4.78, 5) is 23.0. The number of benzene rings is 1. The van der Waals surface area contributed by atoms with Crippen molar-refractivity contribution >= 4 is 29.1 Å². The van der Waals surface area contributed by atoms with Gasteiger partial charge in [0.1, 0.15) is 6.04 Å². The molecule has 1 aromatic rings. The quantitative estimate of drug-likeness (QED) is 0.698. The maximum Gasteiger partial charge on any atom is 0.251 e. The maximum atomic E-state index is 11.7. The van der Waals surface area contributed by atoms with Crippen LogP contribution in [0, 0.1) is 0 Å². The minimum atomic E-state index is -0.608. The van der Waals surface area contributed by atoms with Crippen LogP contribution in [0.4, 0.5) is 5.69 Å². The lowest BCUT2D eigenvalue weighted by Gasteiger charge is -2.12. The molecule has 0 bridgehead atoms. The number of halogens is 1. The van der Waals surface area contributed by atoms with E-state index in [1.165, 1.54) is 13.1 Å². The molecule has 0 aliphatic heterocycles. The fourth-order valence-electron chi connectivity index (χ4n) is 1.23. The highest BCUT2D eigenvalue weighted by molar-refractivity contribution is 6.33. The van der Waals surface area contributed by atoms with Crippen molar-refractivity contribution in [3.05, 3.63) is 28.8 Å². The molecular weight excluding hydrogens is 242 g/mol. The molecule has 4 N–H and O–H groups in total. The smallest absolute Gasteiger partial charge is 0.251 e. The van der Waals surface area contributed by atoms with Gasteiger partial charge in [-0.05, 0) is 25.1 Å². The number of anilines is 1. The number of carbonyl (C=O) groups excluding carboxylic acids is 2. The Kier molecular flexibility index (Phi) is 4.34. The molecule has 0 spiro atoms. The lowest BCUT2D eigenvalue weighted by atomic mass is 10.2. The highest BCUT2D eigenvalue weighted by atomic mass is 35.5. The van der Waals surface area contributed by atoms with Crippen molar-refractivity contribution in [2.24, 2.45) is 0 Å². The number of hydrogen-bond acceptors (Lipinski definition) is 3. The summed E-state index contributed by atoms with van der Waals surface area (Å²) in [5.41, 5.74) is 6.30. The summed E-state index contributed by atoms with van der Waals surface area (Å²) in [6.45, 7) is 1.59. The summed E-state index contributed by atoms with van der Waals surface area (Å²) in [5, 5.41) is 5.30. The molecule has 2 amide bonds. The summed E-state index contributed by atoms with van der Waals surface area (Å²) >= 11 is 5.80. The molecule has 6 heteroatoms. The number of nitrogens with two attached hydrogens (primary N) is 1. The molecule has 17 heavy (non-hydrogen) atoms. The third-order valence-corrected chi connectivity index (χ3v) is 2.58. The maximum absolute atomic E-state index is 11.7. The van der Waals surface area contributed by atoms with Gasteiger partial charge in [0.15, 0.2) is 0 Å². The molecule has 0 saturated heterocycles. The normalized spacial score (nSPS) is 11.7. The largest absolute Gasteiger partial charge is 0.398 e. The predicted octanol–water partition coefficient (Wildman–Crippen LogP) is 0.786. The van der Waals surface area contributed by atoms with Crippen LogP contribution in [0.25, 0.3) is 0 Å². The molecule has 0 heterocycles. The number of nitrogen functional groups attached to an aromatic ring is 1. The van der Waals surface area contributed by atoms with Gasteiger partial charge in [0, 0.05) is 12.6 Å². The molecule has 0 saturated carbocycles. The van der Waals surface area contributed by atoms with Gasteiger partial charge in [-0.3, -0.25) is 9.59 Å². The van der Waals surface area contributed by atoms with Crippen molar-refractivity contribution in [3.63, 3.8) is 0 Å². The Hall–Kier alpha value is -1.75. The van der Waals surface area contributed by atoms with Crippen molar-refractivity contribution in [3.8, 4) is 0 Å². The molecule has 0 fully saturated rings. The van der Waals surface area contributed by atoms with Gasteiger partial charge in [0.25, 0.3) is 5.91 Å². The number of likely N-dealkylation sites (N-methyl/N-ethyl adjacent to an activating group) is 1. The fraction of sp³-hybridized carbons (Fsp3) is 0.273. The second-order valence-corrected chi connectivity index (χ2v) is 3.95. The molecule has 92 valence electrons. The Balaban J connectivity index is 2.76. The minimum Gasteiger partial charge on any atom is -0.398 e. The van der Waals surface area contributed by atoms with Crippen LogP contribution in [0.1, 0.15) is 17.3 Å². The molecule has 5 nitrogen and oxygen atoms in total. The lowest BCUT2D eigenvalue weighted by molar-refractivity contribution is -0.122. The van der Waals surface area contributed by atoms with E-state index in [1.54, 1.807) is 19.1 Å². The van der Waals surface area contributed by atoms with E-state index in [2.05, 4.69) is 10.6 Å². The van der Waals surface area contributed by atoms with Gasteiger partial charge in [0.2, 0.25) is 5.91 Å². The van der Waals surface area contributed by atoms with Gasteiger partial charge < -0.3 is 16.4 Å². The Bertz CT molecular complexity index is 448. The van der Waals surface area contributed by atoms with E-state index in [0.29, 0.717) is 16.3 Å². The number of amides is 2. The Morgan fingerprint density at radius 2 is 2.06 bits per heavy atom. The Morgan fingerprint density at radius 1 is 1.41 bits per heavy atom. The zero-order valence-electron chi connectivity index (χ0n) is 9.58. The SMILES string of the molecule is CNC(=O)C(C)NC(=O)c1ccc(N)c(Cl)c1. The summed E-state index contributed by atoms with van der Waals surface area (Å²) in [7, 11) is 1.51. The summed E-state index contributed by atoms with van der Waals surface area (Å²) < 4.78 is 0. The minimum absolute atomic E-state index is 0.264. The molecule has 0 radical (unpaired) electrons. The first-order valence-electron chi connectivity index (χ1n) is 5.03. The van der Waals surface area contributed by atoms with Gasteiger partial charge in [-0.1, -0.05) is 11.6 Å². The average molecular weight is 256 g/mol. The number of nitrogens with one attached hydrogen (secondary N) is 2. The average Bonchev–Trinajstić information content (AvgIpc) is 2.31. The zero-order chi connectivity index (χ0) is 13.0. The second kappa shape index (κ2) is 5.54. The fourth-order valence-corrected chi connectivity index (χ4v) is 1.41. The molecular formula is C11H14ClN3O2. The van der Waals surface area contributed by atoms with Crippen LogP contribution in [0.15, 0.2) is 18.2 Å². The molecule has 0 aliphatic carbocycles. The topological polar surface area (TPSA) is 84.2 Å². The van der Waals surface area contributed by atoms with Gasteiger partial charge in [0.05, 0.1) is 10.7 Å². The van der Waals surface area contributed by atoms with Crippen molar-refractivity contribution in [2.75, 3.05) is 12.8 Å². The summed E-state index contributed by atoms with van der Waals surface area (Å²) in [6, 6.07) is 3.95. The van der Waals surface area contributed by atoms with E-state index < -0.39 is 6.04 Å². The molecule has 1 aromatic carbocycles. The van der Waals surface area contributed by atoms with Crippen molar-refractivity contribution in [1.29, 1.82) is 0 Å². The van der Waals surface area contributed by atoms with Crippen LogP contribution in [0.5, 0.6) is 0 Å². The van der Waals surface area contributed by atoms with Gasteiger partial charge >= 0.3 is 0 Å². The van der Waals surface area contributed by atoms with Gasteiger partial charge in [-0.2, -0.15) is 0 Å². The van der Waals surface area contributed by atoms with Crippen molar-refractivity contribution in [2.45, 2.75) is 13.0 Å². The first-order chi connectivity index (χ1) is 7.95. The highest BCUT2D eigenvalue weighted by Gasteiger charge is 2.15. The van der Waals surface area contributed by atoms with E-state index in [1.807, 2.05) is 0 Å². The molecule has 1 rings (SSSR count). The summed E-state index contributed by atoms with van der Waals surface area (Å²) in [5.74, 6) is -0.636. The second-order valence-electron chi connectivity index (χ2n) is 3.55.